The Hall–Kier alpha value is -2.09. The molecule has 0 aliphatic carbocycles. The summed E-state index contributed by atoms with van der Waals surface area (Å²) in [5, 5.41) is 0. The number of aldehydes is 1. The highest BCUT2D eigenvalue weighted by Crippen LogP contribution is 2.26. The monoisotopic (exact) mass is 254 g/mol. The van der Waals surface area contributed by atoms with Crippen molar-refractivity contribution in [3.8, 4) is 5.75 Å². The Morgan fingerprint density at radius 1 is 1.11 bits per heavy atom. The topological polar surface area (TPSA) is 26.3 Å². The van der Waals surface area contributed by atoms with E-state index in [0.717, 1.165) is 23.0 Å². The highest BCUT2D eigenvalue weighted by atomic mass is 16.5. The molecule has 2 aromatic rings. The molecule has 0 saturated carbocycles. The Labute approximate surface area is 114 Å². The van der Waals surface area contributed by atoms with E-state index < -0.39 is 0 Å². The second kappa shape index (κ2) is 5.70. The highest BCUT2D eigenvalue weighted by molar-refractivity contribution is 5.80. The molecule has 0 atom stereocenters. The molecule has 0 radical (unpaired) electrons. The molecular formula is C17H18O2. The Balaban J connectivity index is 2.24. The van der Waals surface area contributed by atoms with Crippen LogP contribution in [0.25, 0.3) is 0 Å². The molecular weight excluding hydrogens is 236 g/mol. The fraction of sp³-hybridized carbons (Fsp3) is 0.235. The van der Waals surface area contributed by atoms with Crippen LogP contribution in [0.5, 0.6) is 5.75 Å². The summed E-state index contributed by atoms with van der Waals surface area (Å²) >= 11 is 0. The number of rotatable bonds is 4. The van der Waals surface area contributed by atoms with Crippen LogP contribution in [-0.4, -0.2) is 6.29 Å². The van der Waals surface area contributed by atoms with Crippen molar-refractivity contribution in [2.75, 3.05) is 0 Å². The van der Waals surface area contributed by atoms with E-state index in [1.54, 1.807) is 6.07 Å². The number of carbonyl (C=O) groups excluding carboxylic acids is 1. The lowest BCUT2D eigenvalue weighted by Gasteiger charge is -2.13. The molecule has 0 spiro atoms. The van der Waals surface area contributed by atoms with Gasteiger partial charge >= 0.3 is 0 Å². The molecule has 2 heteroatoms. The van der Waals surface area contributed by atoms with Crippen LogP contribution in [0.15, 0.2) is 36.4 Å². The largest absolute Gasteiger partial charge is 0.488 e. The molecule has 19 heavy (non-hydrogen) atoms. The van der Waals surface area contributed by atoms with E-state index in [1.165, 1.54) is 5.56 Å². The zero-order chi connectivity index (χ0) is 13.8. The second-order valence-electron chi connectivity index (χ2n) is 4.82. The van der Waals surface area contributed by atoms with Gasteiger partial charge in [-0.2, -0.15) is 0 Å². The summed E-state index contributed by atoms with van der Waals surface area (Å²) in [6, 6.07) is 11.9. The number of aryl methyl sites for hydroxylation is 2. The maximum Gasteiger partial charge on any atom is 0.153 e. The molecule has 2 rings (SSSR count). The van der Waals surface area contributed by atoms with Crippen LogP contribution in [0.4, 0.5) is 0 Å². The summed E-state index contributed by atoms with van der Waals surface area (Å²) in [5.74, 6) is 0.691. The SMILES string of the molecule is Cc1cccc(COc2c(C=O)ccc(C)c2C)c1. The molecule has 2 aromatic carbocycles. The lowest BCUT2D eigenvalue weighted by atomic mass is 10.1. The van der Waals surface area contributed by atoms with Gasteiger partial charge in [0.05, 0.1) is 5.56 Å². The van der Waals surface area contributed by atoms with Crippen LogP contribution in [0.1, 0.15) is 32.6 Å². The van der Waals surface area contributed by atoms with Crippen molar-refractivity contribution < 1.29 is 9.53 Å². The molecule has 0 saturated heterocycles. The summed E-state index contributed by atoms with van der Waals surface area (Å²) in [7, 11) is 0. The number of hydrogen-bond donors (Lipinski definition) is 0. The van der Waals surface area contributed by atoms with Gasteiger partial charge in [-0.25, -0.2) is 0 Å². The lowest BCUT2D eigenvalue weighted by molar-refractivity contribution is 0.111. The van der Waals surface area contributed by atoms with Crippen LogP contribution < -0.4 is 4.74 Å². The third-order valence-corrected chi connectivity index (χ3v) is 3.30. The molecule has 0 heterocycles. The van der Waals surface area contributed by atoms with Crippen molar-refractivity contribution in [1.29, 1.82) is 0 Å². The molecule has 98 valence electrons. The zero-order valence-electron chi connectivity index (χ0n) is 11.6. The van der Waals surface area contributed by atoms with Gasteiger partial charge in [-0.05, 0) is 43.5 Å². The molecule has 0 N–H and O–H groups in total. The van der Waals surface area contributed by atoms with Gasteiger partial charge < -0.3 is 4.74 Å². The fourth-order valence-electron chi connectivity index (χ4n) is 2.05. The zero-order valence-corrected chi connectivity index (χ0v) is 11.6. The van der Waals surface area contributed by atoms with Gasteiger partial charge in [0.2, 0.25) is 0 Å². The summed E-state index contributed by atoms with van der Waals surface area (Å²) < 4.78 is 5.85. The minimum atomic E-state index is 0.479. The summed E-state index contributed by atoms with van der Waals surface area (Å²) in [5.41, 5.74) is 5.08. The molecule has 2 nitrogen and oxygen atoms in total. The molecule has 0 aliphatic rings. The van der Waals surface area contributed by atoms with Gasteiger partial charge in [0.1, 0.15) is 12.4 Å². The minimum Gasteiger partial charge on any atom is -0.488 e. The summed E-state index contributed by atoms with van der Waals surface area (Å²) in [4.78, 5) is 11.1. The summed E-state index contributed by atoms with van der Waals surface area (Å²) in [6.07, 6.45) is 0.845. The standard InChI is InChI=1S/C17H18O2/c1-12-5-4-6-15(9-12)11-19-17-14(3)13(2)7-8-16(17)10-18/h4-10H,11H2,1-3H3. The van der Waals surface area contributed by atoms with Crippen molar-refractivity contribution >= 4 is 6.29 Å². The van der Waals surface area contributed by atoms with Gasteiger partial charge in [0, 0.05) is 0 Å². The van der Waals surface area contributed by atoms with E-state index in [1.807, 2.05) is 32.0 Å². The Morgan fingerprint density at radius 3 is 2.58 bits per heavy atom. The quantitative estimate of drug-likeness (QED) is 0.771. The lowest BCUT2D eigenvalue weighted by Crippen LogP contribution is -2.01. The van der Waals surface area contributed by atoms with Crippen LogP contribution in [0.2, 0.25) is 0 Å². The average molecular weight is 254 g/mol. The molecule has 0 fully saturated rings. The van der Waals surface area contributed by atoms with E-state index in [9.17, 15) is 4.79 Å². The first kappa shape index (κ1) is 13.3. The minimum absolute atomic E-state index is 0.479. The Kier molecular flexibility index (Phi) is 4.00. The van der Waals surface area contributed by atoms with Crippen LogP contribution in [0, 0.1) is 20.8 Å². The highest BCUT2D eigenvalue weighted by Gasteiger charge is 2.09. The average Bonchev–Trinajstić information content (AvgIpc) is 2.40. The van der Waals surface area contributed by atoms with Crippen molar-refractivity contribution in [1.82, 2.24) is 0 Å². The van der Waals surface area contributed by atoms with E-state index in [0.29, 0.717) is 17.9 Å². The Morgan fingerprint density at radius 2 is 1.89 bits per heavy atom. The van der Waals surface area contributed by atoms with Gasteiger partial charge in [-0.3, -0.25) is 4.79 Å². The third kappa shape index (κ3) is 3.02. The van der Waals surface area contributed by atoms with Gasteiger partial charge in [-0.15, -0.1) is 0 Å². The molecule has 0 bridgehead atoms. The van der Waals surface area contributed by atoms with Gasteiger partial charge in [-0.1, -0.05) is 35.9 Å². The van der Waals surface area contributed by atoms with Crippen LogP contribution in [0.3, 0.4) is 0 Å². The van der Waals surface area contributed by atoms with Crippen LogP contribution >= 0.6 is 0 Å². The first-order valence-electron chi connectivity index (χ1n) is 6.35. The predicted octanol–water partition coefficient (Wildman–Crippen LogP) is 4.00. The first-order chi connectivity index (χ1) is 9.11. The second-order valence-corrected chi connectivity index (χ2v) is 4.82. The van der Waals surface area contributed by atoms with E-state index >= 15 is 0 Å². The maximum atomic E-state index is 11.1. The molecule has 0 aromatic heterocycles. The van der Waals surface area contributed by atoms with Crippen molar-refractivity contribution in [3.05, 3.63) is 64.2 Å². The van der Waals surface area contributed by atoms with E-state index in [-0.39, 0.29) is 0 Å². The number of carbonyl (C=O) groups is 1. The van der Waals surface area contributed by atoms with Crippen molar-refractivity contribution in [2.45, 2.75) is 27.4 Å². The van der Waals surface area contributed by atoms with Crippen molar-refractivity contribution in [3.63, 3.8) is 0 Å². The number of hydrogen-bond acceptors (Lipinski definition) is 2. The molecule has 0 unspecified atom stereocenters. The normalized spacial score (nSPS) is 10.3. The van der Waals surface area contributed by atoms with Gasteiger partial charge in [0.15, 0.2) is 6.29 Å². The smallest absolute Gasteiger partial charge is 0.153 e. The van der Waals surface area contributed by atoms with Gasteiger partial charge in [0.25, 0.3) is 0 Å². The number of ether oxygens (including phenoxy) is 1. The number of benzene rings is 2. The molecule has 0 aliphatic heterocycles. The fourth-order valence-corrected chi connectivity index (χ4v) is 2.05. The van der Waals surface area contributed by atoms with E-state index in [4.69, 9.17) is 4.74 Å². The maximum absolute atomic E-state index is 11.1. The van der Waals surface area contributed by atoms with Crippen molar-refractivity contribution in [2.24, 2.45) is 0 Å². The Bertz CT molecular complexity index is 600. The predicted molar refractivity (Wildman–Crippen MR) is 76.8 cm³/mol. The summed E-state index contributed by atoms with van der Waals surface area (Å²) in [6.45, 7) is 6.53. The van der Waals surface area contributed by atoms with E-state index in [2.05, 4.69) is 19.1 Å². The molecule has 0 amide bonds. The third-order valence-electron chi connectivity index (χ3n) is 3.30. The van der Waals surface area contributed by atoms with Crippen LogP contribution in [-0.2, 0) is 6.61 Å². The first-order valence-corrected chi connectivity index (χ1v) is 6.35.